The molecule has 3 aromatic rings. The standard InChI is InChI=1S/C30H29N3O3/c1-2-3-17-36-25-15-11-23(12-16-25)28-20-33-29(26(31-28)18-21-7-5-4-6-8-21)32-27(30(33)35)19-22-9-13-24(34)14-10-22/h4-16,20,31,34H,2-3,17-19H2,1H3. The van der Waals surface area contributed by atoms with Gasteiger partial charge in [0.1, 0.15) is 17.2 Å². The molecule has 6 heteroatoms. The Morgan fingerprint density at radius 3 is 2.36 bits per heavy atom. The van der Waals surface area contributed by atoms with Crippen molar-refractivity contribution in [1.29, 1.82) is 0 Å². The summed E-state index contributed by atoms with van der Waals surface area (Å²) in [6.45, 7) is 2.84. The molecule has 0 saturated carbocycles. The Labute approximate surface area is 210 Å². The highest BCUT2D eigenvalue weighted by Crippen LogP contribution is 2.25. The summed E-state index contributed by atoms with van der Waals surface area (Å²) in [4.78, 5) is 21.7. The number of H-pyrrole nitrogens is 1. The van der Waals surface area contributed by atoms with Gasteiger partial charge in [0.25, 0.3) is 5.56 Å². The Kier molecular flexibility index (Phi) is 6.85. The second-order valence-corrected chi connectivity index (χ2v) is 8.94. The SMILES string of the molecule is CCCCOc1ccc(-c2cn3c(=O)c(Cc4ccc(O)cc4)nc-3c(Cc3ccccc3)[nH]2)cc1. The molecule has 0 radical (unpaired) electrons. The van der Waals surface area contributed by atoms with E-state index in [1.165, 1.54) is 0 Å². The fourth-order valence-corrected chi connectivity index (χ4v) is 4.23. The number of aromatic amines is 1. The monoisotopic (exact) mass is 479 g/mol. The highest BCUT2D eigenvalue weighted by molar-refractivity contribution is 5.61. The number of nitrogens with one attached hydrogen (secondary N) is 1. The van der Waals surface area contributed by atoms with Crippen molar-refractivity contribution in [3.8, 4) is 28.6 Å². The van der Waals surface area contributed by atoms with Crippen LogP contribution in [0.1, 0.15) is 42.3 Å². The molecule has 2 heterocycles. The number of unbranched alkanes of at least 4 members (excludes halogenated alkanes) is 1. The number of phenolic OH excluding ortho intramolecular Hbond substituents is 1. The summed E-state index contributed by atoms with van der Waals surface area (Å²) < 4.78 is 7.45. The first-order chi connectivity index (χ1) is 17.6. The van der Waals surface area contributed by atoms with Crippen LogP contribution in [0, 0.1) is 0 Å². The number of benzene rings is 3. The number of ether oxygens (including phenoxy) is 1. The third kappa shape index (κ3) is 5.18. The topological polar surface area (TPSA) is 80.1 Å². The summed E-state index contributed by atoms with van der Waals surface area (Å²) in [7, 11) is 0. The molecule has 3 aromatic carbocycles. The lowest BCUT2D eigenvalue weighted by atomic mass is 10.1. The van der Waals surface area contributed by atoms with Gasteiger partial charge < -0.3 is 14.8 Å². The predicted octanol–water partition coefficient (Wildman–Crippen LogP) is 5.73. The molecule has 0 aromatic heterocycles. The molecule has 6 nitrogen and oxygen atoms in total. The fraction of sp³-hybridized carbons (Fsp3) is 0.200. The van der Waals surface area contributed by atoms with E-state index < -0.39 is 0 Å². The second kappa shape index (κ2) is 10.5. The molecule has 0 fully saturated rings. The van der Waals surface area contributed by atoms with Gasteiger partial charge in [-0.15, -0.1) is 0 Å². The average molecular weight is 480 g/mol. The number of hydrogen-bond acceptors (Lipinski definition) is 4. The maximum Gasteiger partial charge on any atom is 0.278 e. The third-order valence-electron chi connectivity index (χ3n) is 6.21. The fourth-order valence-electron chi connectivity index (χ4n) is 4.23. The number of rotatable bonds is 9. The van der Waals surface area contributed by atoms with Gasteiger partial charge in [-0.1, -0.05) is 55.8 Å². The van der Waals surface area contributed by atoms with Crippen molar-refractivity contribution in [3.63, 3.8) is 0 Å². The number of nitrogens with zero attached hydrogens (tertiary/aromatic N) is 2. The molecule has 0 aliphatic carbocycles. The van der Waals surface area contributed by atoms with Crippen LogP contribution in [0.5, 0.6) is 11.5 Å². The van der Waals surface area contributed by atoms with Crippen LogP contribution in [0.3, 0.4) is 0 Å². The van der Waals surface area contributed by atoms with Gasteiger partial charge in [0, 0.05) is 19.0 Å². The van der Waals surface area contributed by atoms with Gasteiger partial charge in [0.05, 0.1) is 18.0 Å². The Morgan fingerprint density at radius 1 is 0.917 bits per heavy atom. The average Bonchev–Trinajstić information content (AvgIpc) is 3.22. The molecule has 0 unspecified atom stereocenters. The molecule has 182 valence electrons. The lowest BCUT2D eigenvalue weighted by molar-refractivity contribution is 0.309. The van der Waals surface area contributed by atoms with Crippen LogP contribution in [-0.2, 0) is 12.8 Å². The van der Waals surface area contributed by atoms with Crippen LogP contribution in [-0.4, -0.2) is 26.2 Å². The molecule has 5 rings (SSSR count). The Balaban J connectivity index is 1.54. The van der Waals surface area contributed by atoms with Crippen molar-refractivity contribution in [1.82, 2.24) is 14.5 Å². The van der Waals surface area contributed by atoms with Gasteiger partial charge in [-0.25, -0.2) is 4.98 Å². The number of aromatic hydroxyl groups is 1. The van der Waals surface area contributed by atoms with E-state index >= 15 is 0 Å². The lowest BCUT2D eigenvalue weighted by Crippen LogP contribution is -2.17. The van der Waals surface area contributed by atoms with E-state index in [-0.39, 0.29) is 11.3 Å². The van der Waals surface area contributed by atoms with Crippen molar-refractivity contribution in [2.75, 3.05) is 6.61 Å². The molecule has 0 spiro atoms. The van der Waals surface area contributed by atoms with Gasteiger partial charge in [0.2, 0.25) is 0 Å². The minimum absolute atomic E-state index is 0.137. The normalized spacial score (nSPS) is 11.1. The number of imidazole rings is 1. The van der Waals surface area contributed by atoms with Gasteiger partial charge >= 0.3 is 0 Å². The molecule has 0 amide bonds. The van der Waals surface area contributed by atoms with Crippen LogP contribution >= 0.6 is 0 Å². The Morgan fingerprint density at radius 2 is 1.64 bits per heavy atom. The van der Waals surface area contributed by atoms with Crippen molar-refractivity contribution < 1.29 is 9.84 Å². The summed E-state index contributed by atoms with van der Waals surface area (Å²) in [5.41, 5.74) is 5.05. The van der Waals surface area contributed by atoms with Crippen LogP contribution in [0.25, 0.3) is 17.1 Å². The molecule has 2 aliphatic heterocycles. The molecule has 0 bridgehead atoms. The number of aromatic nitrogens is 3. The highest BCUT2D eigenvalue weighted by Gasteiger charge is 2.20. The molecular formula is C30H29N3O3. The zero-order valence-corrected chi connectivity index (χ0v) is 20.3. The smallest absolute Gasteiger partial charge is 0.278 e. The maximum atomic E-state index is 13.4. The van der Waals surface area contributed by atoms with E-state index in [0.717, 1.165) is 46.7 Å². The molecular weight excluding hydrogens is 450 g/mol. The second-order valence-electron chi connectivity index (χ2n) is 8.94. The first kappa shape index (κ1) is 23.4. The molecule has 2 N–H and O–H groups in total. The van der Waals surface area contributed by atoms with E-state index in [2.05, 4.69) is 24.0 Å². The summed E-state index contributed by atoms with van der Waals surface area (Å²) >= 11 is 0. The summed E-state index contributed by atoms with van der Waals surface area (Å²) in [5, 5.41) is 9.58. The minimum Gasteiger partial charge on any atom is -0.508 e. The van der Waals surface area contributed by atoms with Gasteiger partial charge in [-0.05, 0) is 59.5 Å². The van der Waals surface area contributed by atoms with E-state index in [9.17, 15) is 9.90 Å². The number of hydrogen-bond donors (Lipinski definition) is 2. The zero-order chi connectivity index (χ0) is 24.9. The van der Waals surface area contributed by atoms with Crippen LogP contribution in [0.15, 0.2) is 89.9 Å². The molecule has 0 atom stereocenters. The Bertz CT molecular complexity index is 1450. The Hall–Kier alpha value is -4.32. The first-order valence-electron chi connectivity index (χ1n) is 12.3. The van der Waals surface area contributed by atoms with E-state index in [4.69, 9.17) is 9.72 Å². The van der Waals surface area contributed by atoms with Crippen molar-refractivity contribution in [2.24, 2.45) is 0 Å². The quantitative estimate of drug-likeness (QED) is 0.265. The summed E-state index contributed by atoms with van der Waals surface area (Å²) in [5.74, 6) is 1.66. The van der Waals surface area contributed by atoms with Gasteiger partial charge in [0.15, 0.2) is 5.82 Å². The molecule has 0 saturated heterocycles. The van der Waals surface area contributed by atoms with Crippen LogP contribution in [0.4, 0.5) is 0 Å². The predicted molar refractivity (Wildman–Crippen MR) is 141 cm³/mol. The van der Waals surface area contributed by atoms with Gasteiger partial charge in [-0.2, -0.15) is 0 Å². The van der Waals surface area contributed by atoms with E-state index in [0.29, 0.717) is 31.0 Å². The third-order valence-corrected chi connectivity index (χ3v) is 6.21. The van der Waals surface area contributed by atoms with E-state index in [1.807, 2.05) is 60.8 Å². The van der Waals surface area contributed by atoms with E-state index in [1.54, 1.807) is 16.7 Å². The minimum atomic E-state index is -0.137. The highest BCUT2D eigenvalue weighted by atomic mass is 16.5. The van der Waals surface area contributed by atoms with Gasteiger partial charge in [-0.3, -0.25) is 9.36 Å². The van der Waals surface area contributed by atoms with Crippen molar-refractivity contribution >= 4 is 0 Å². The number of fused-ring (bicyclic) bond motifs is 1. The largest absolute Gasteiger partial charge is 0.508 e. The van der Waals surface area contributed by atoms with Crippen LogP contribution < -0.4 is 10.3 Å². The summed E-state index contributed by atoms with van der Waals surface area (Å²) in [6, 6.07) is 24.9. The number of phenols is 1. The molecule has 36 heavy (non-hydrogen) atoms. The summed E-state index contributed by atoms with van der Waals surface area (Å²) in [6.07, 6.45) is 4.95. The van der Waals surface area contributed by atoms with Crippen molar-refractivity contribution in [3.05, 3.63) is 118 Å². The lowest BCUT2D eigenvalue weighted by Gasteiger charge is -2.14. The molecule has 2 aliphatic rings. The van der Waals surface area contributed by atoms with Crippen LogP contribution in [0.2, 0.25) is 0 Å². The maximum absolute atomic E-state index is 13.4. The van der Waals surface area contributed by atoms with Crippen molar-refractivity contribution in [2.45, 2.75) is 32.6 Å². The zero-order valence-electron chi connectivity index (χ0n) is 20.3. The first-order valence-corrected chi connectivity index (χ1v) is 12.3.